The minimum absolute atomic E-state index is 0.170. The van der Waals surface area contributed by atoms with Gasteiger partial charge in [-0.1, -0.05) is 17.3 Å². The van der Waals surface area contributed by atoms with E-state index in [4.69, 9.17) is 10.3 Å². The molecule has 0 radical (unpaired) electrons. The molecule has 7 heteroatoms. The Morgan fingerprint density at radius 1 is 1.26 bits per heavy atom. The average molecular weight is 281 g/mol. The van der Waals surface area contributed by atoms with E-state index in [9.17, 15) is 8.42 Å². The van der Waals surface area contributed by atoms with Crippen LogP contribution in [0.5, 0.6) is 0 Å². The molecule has 0 bridgehead atoms. The lowest BCUT2D eigenvalue weighted by Crippen LogP contribution is -2.02. The third kappa shape index (κ3) is 3.87. The zero-order valence-electron chi connectivity index (χ0n) is 10.5. The fourth-order valence-electron chi connectivity index (χ4n) is 1.65. The van der Waals surface area contributed by atoms with Crippen molar-refractivity contribution in [2.75, 3.05) is 12.8 Å². The van der Waals surface area contributed by atoms with E-state index < -0.39 is 9.84 Å². The van der Waals surface area contributed by atoms with Crippen molar-refractivity contribution in [2.45, 2.75) is 12.2 Å². The zero-order chi connectivity index (χ0) is 13.9. The molecule has 0 aliphatic carbocycles. The molecule has 0 aliphatic heterocycles. The van der Waals surface area contributed by atoms with E-state index in [2.05, 4.69) is 10.1 Å². The van der Waals surface area contributed by atoms with E-state index in [1.54, 1.807) is 0 Å². The van der Waals surface area contributed by atoms with Crippen LogP contribution < -0.4 is 5.73 Å². The number of nitrogens with zero attached hydrogens (tertiary/aromatic N) is 2. The molecule has 2 rings (SSSR count). The largest absolute Gasteiger partial charge is 0.334 e. The zero-order valence-corrected chi connectivity index (χ0v) is 11.4. The Bertz CT molecular complexity index is 647. The van der Waals surface area contributed by atoms with Crippen molar-refractivity contribution >= 4 is 9.84 Å². The Morgan fingerprint density at radius 3 is 2.53 bits per heavy atom. The van der Waals surface area contributed by atoms with Crippen molar-refractivity contribution in [1.29, 1.82) is 0 Å². The summed E-state index contributed by atoms with van der Waals surface area (Å²) in [6, 6.07) is 7.57. The van der Waals surface area contributed by atoms with Gasteiger partial charge in [0.15, 0.2) is 15.7 Å². The first-order chi connectivity index (χ1) is 8.98. The van der Waals surface area contributed by atoms with Crippen LogP contribution in [0.1, 0.15) is 11.4 Å². The molecule has 0 saturated carbocycles. The smallest absolute Gasteiger partial charge is 0.257 e. The predicted molar refractivity (Wildman–Crippen MR) is 71.0 cm³/mol. The Morgan fingerprint density at radius 2 is 1.95 bits per heavy atom. The number of hydrogen-bond donors (Lipinski definition) is 1. The number of hydrogen-bond acceptors (Lipinski definition) is 6. The van der Waals surface area contributed by atoms with E-state index in [1.165, 1.54) is 0 Å². The van der Waals surface area contributed by atoms with Crippen LogP contribution in [0.4, 0.5) is 0 Å². The molecule has 19 heavy (non-hydrogen) atoms. The Kier molecular flexibility index (Phi) is 3.96. The first-order valence-corrected chi connectivity index (χ1v) is 7.84. The summed E-state index contributed by atoms with van der Waals surface area (Å²) >= 11 is 0. The molecular formula is C12H15N3O3S. The summed E-state index contributed by atoms with van der Waals surface area (Å²) in [7, 11) is -3.16. The fraction of sp³-hybridized carbons (Fsp3) is 0.333. The second-order valence-corrected chi connectivity index (χ2v) is 6.46. The topological polar surface area (TPSA) is 99.1 Å². The van der Waals surface area contributed by atoms with Gasteiger partial charge in [0.2, 0.25) is 0 Å². The van der Waals surface area contributed by atoms with Crippen LogP contribution in [-0.4, -0.2) is 31.4 Å². The summed E-state index contributed by atoms with van der Waals surface area (Å²) in [5.41, 5.74) is 7.36. The van der Waals surface area contributed by atoms with Crippen molar-refractivity contribution in [3.63, 3.8) is 0 Å². The van der Waals surface area contributed by atoms with Crippen LogP contribution in [0.3, 0.4) is 0 Å². The van der Waals surface area contributed by atoms with Gasteiger partial charge in [-0.25, -0.2) is 8.42 Å². The van der Waals surface area contributed by atoms with E-state index in [-0.39, 0.29) is 11.6 Å². The van der Waals surface area contributed by atoms with Crippen molar-refractivity contribution in [3.05, 3.63) is 35.7 Å². The van der Waals surface area contributed by atoms with Crippen LogP contribution in [0.15, 0.2) is 28.8 Å². The summed E-state index contributed by atoms with van der Waals surface area (Å²) in [5, 5.41) is 3.65. The standard InChI is InChI=1S/C12H15N3O3S/c1-19(16,17)8-11-14-12(18-15-11)10-4-2-9(3-5-10)6-7-13/h2-5H,6-8,13H2,1H3. The first kappa shape index (κ1) is 13.7. The highest BCUT2D eigenvalue weighted by Crippen LogP contribution is 2.18. The monoisotopic (exact) mass is 281 g/mol. The van der Waals surface area contributed by atoms with Gasteiger partial charge in [0, 0.05) is 11.8 Å². The van der Waals surface area contributed by atoms with Crippen LogP contribution in [0.2, 0.25) is 0 Å². The van der Waals surface area contributed by atoms with Gasteiger partial charge in [0.1, 0.15) is 5.75 Å². The maximum absolute atomic E-state index is 11.1. The Balaban J connectivity index is 2.18. The molecule has 0 spiro atoms. The molecule has 1 aromatic heterocycles. The van der Waals surface area contributed by atoms with Gasteiger partial charge in [0.25, 0.3) is 5.89 Å². The Labute approximate surface area is 111 Å². The van der Waals surface area contributed by atoms with Crippen LogP contribution in [-0.2, 0) is 22.0 Å². The van der Waals surface area contributed by atoms with Crippen molar-refractivity contribution < 1.29 is 12.9 Å². The number of sulfone groups is 1. The number of rotatable bonds is 5. The summed E-state index contributed by atoms with van der Waals surface area (Å²) in [6.45, 7) is 0.596. The summed E-state index contributed by atoms with van der Waals surface area (Å²) in [5.74, 6) is 0.267. The molecule has 2 N–H and O–H groups in total. The van der Waals surface area contributed by atoms with Gasteiger partial charge >= 0.3 is 0 Å². The molecule has 1 aromatic carbocycles. The highest BCUT2D eigenvalue weighted by molar-refractivity contribution is 7.89. The molecule has 1 heterocycles. The molecule has 0 atom stereocenters. The molecule has 6 nitrogen and oxygen atoms in total. The summed E-state index contributed by atoms with van der Waals surface area (Å²) < 4.78 is 27.3. The molecule has 2 aromatic rings. The van der Waals surface area contributed by atoms with E-state index in [1.807, 2.05) is 24.3 Å². The highest BCUT2D eigenvalue weighted by Gasteiger charge is 2.13. The molecule has 0 amide bonds. The van der Waals surface area contributed by atoms with Crippen molar-refractivity contribution in [2.24, 2.45) is 5.73 Å². The maximum Gasteiger partial charge on any atom is 0.257 e. The van der Waals surface area contributed by atoms with Crippen LogP contribution >= 0.6 is 0 Å². The molecule has 102 valence electrons. The minimum Gasteiger partial charge on any atom is -0.334 e. The SMILES string of the molecule is CS(=O)(=O)Cc1noc(-c2ccc(CCN)cc2)n1. The van der Waals surface area contributed by atoms with Gasteiger partial charge in [-0.2, -0.15) is 4.98 Å². The fourth-order valence-corrected chi connectivity index (χ4v) is 2.23. The molecule has 0 aliphatic rings. The lowest BCUT2D eigenvalue weighted by atomic mass is 10.1. The third-order valence-electron chi connectivity index (χ3n) is 2.49. The summed E-state index contributed by atoms with van der Waals surface area (Å²) in [4.78, 5) is 4.06. The van der Waals surface area contributed by atoms with E-state index >= 15 is 0 Å². The number of benzene rings is 1. The van der Waals surface area contributed by atoms with E-state index in [0.717, 1.165) is 23.8 Å². The average Bonchev–Trinajstić information content (AvgIpc) is 2.76. The first-order valence-electron chi connectivity index (χ1n) is 5.77. The van der Waals surface area contributed by atoms with Crippen molar-refractivity contribution in [3.8, 4) is 11.5 Å². The van der Waals surface area contributed by atoms with Gasteiger partial charge in [-0.05, 0) is 30.7 Å². The quantitative estimate of drug-likeness (QED) is 0.869. The number of aromatic nitrogens is 2. The third-order valence-corrected chi connectivity index (χ3v) is 3.28. The number of nitrogens with two attached hydrogens (primary N) is 1. The van der Waals surface area contributed by atoms with Gasteiger partial charge in [0.05, 0.1) is 0 Å². The van der Waals surface area contributed by atoms with Gasteiger partial charge < -0.3 is 10.3 Å². The lowest BCUT2D eigenvalue weighted by Gasteiger charge is -1.98. The van der Waals surface area contributed by atoms with Crippen LogP contribution in [0, 0.1) is 0 Å². The normalized spacial score (nSPS) is 11.7. The minimum atomic E-state index is -3.16. The molecule has 0 fully saturated rings. The molecular weight excluding hydrogens is 266 g/mol. The lowest BCUT2D eigenvalue weighted by molar-refractivity contribution is 0.424. The van der Waals surface area contributed by atoms with Crippen LogP contribution in [0.25, 0.3) is 11.5 Å². The highest BCUT2D eigenvalue weighted by atomic mass is 32.2. The van der Waals surface area contributed by atoms with Gasteiger partial charge in [-0.15, -0.1) is 0 Å². The predicted octanol–water partition coefficient (Wildman–Crippen LogP) is 0.782. The summed E-state index contributed by atoms with van der Waals surface area (Å²) in [6.07, 6.45) is 1.94. The second kappa shape index (κ2) is 5.50. The molecule has 0 unspecified atom stereocenters. The Hall–Kier alpha value is -1.73. The van der Waals surface area contributed by atoms with Gasteiger partial charge in [-0.3, -0.25) is 0 Å². The van der Waals surface area contributed by atoms with E-state index in [0.29, 0.717) is 12.4 Å². The molecule has 0 saturated heterocycles. The second-order valence-electron chi connectivity index (χ2n) is 4.32. The van der Waals surface area contributed by atoms with Crippen molar-refractivity contribution in [1.82, 2.24) is 10.1 Å². The maximum atomic E-state index is 11.1.